The third kappa shape index (κ3) is 6.27. The molecule has 1 N–H and O–H groups in total. The SMILES string of the molecule is CCOP(=O)(OCC)C(CCC(=O)NOCc1ccccc1)c1cccc2ccccc12. The van der Waals surface area contributed by atoms with Crippen LogP contribution in [0.3, 0.4) is 0 Å². The van der Waals surface area contributed by atoms with Crippen molar-refractivity contribution in [2.45, 2.75) is 39.0 Å². The lowest BCUT2D eigenvalue weighted by Crippen LogP contribution is -2.24. The summed E-state index contributed by atoms with van der Waals surface area (Å²) in [4.78, 5) is 17.8. The molecule has 6 nitrogen and oxygen atoms in total. The molecule has 3 aromatic rings. The van der Waals surface area contributed by atoms with Gasteiger partial charge in [0.15, 0.2) is 0 Å². The van der Waals surface area contributed by atoms with Crippen LogP contribution >= 0.6 is 7.60 Å². The average Bonchev–Trinajstić information content (AvgIpc) is 2.80. The van der Waals surface area contributed by atoms with Crippen molar-refractivity contribution >= 4 is 24.3 Å². The van der Waals surface area contributed by atoms with Gasteiger partial charge in [-0.1, -0.05) is 72.8 Å². The zero-order valence-electron chi connectivity index (χ0n) is 18.5. The van der Waals surface area contributed by atoms with E-state index in [0.29, 0.717) is 6.42 Å². The summed E-state index contributed by atoms with van der Waals surface area (Å²) in [5, 5.41) is 2.01. The molecule has 0 aliphatic rings. The van der Waals surface area contributed by atoms with E-state index in [-0.39, 0.29) is 32.1 Å². The minimum Gasteiger partial charge on any atom is -0.308 e. The van der Waals surface area contributed by atoms with Crippen LogP contribution < -0.4 is 5.48 Å². The molecule has 0 fully saturated rings. The first-order valence-electron chi connectivity index (χ1n) is 10.9. The van der Waals surface area contributed by atoms with Crippen LogP contribution in [0, 0.1) is 0 Å². The van der Waals surface area contributed by atoms with Crippen LogP contribution in [-0.4, -0.2) is 19.1 Å². The van der Waals surface area contributed by atoms with Crippen LogP contribution in [0.1, 0.15) is 43.5 Å². The first-order valence-corrected chi connectivity index (χ1v) is 12.5. The predicted octanol–water partition coefficient (Wildman–Crippen LogP) is 6.18. The van der Waals surface area contributed by atoms with E-state index in [1.165, 1.54) is 0 Å². The molecule has 170 valence electrons. The number of hydrogen-bond acceptors (Lipinski definition) is 5. The summed E-state index contributed by atoms with van der Waals surface area (Å²) < 4.78 is 25.1. The Labute approximate surface area is 189 Å². The highest BCUT2D eigenvalue weighted by Crippen LogP contribution is 2.63. The Kier molecular flexibility index (Phi) is 9.00. The number of hydrogen-bond donors (Lipinski definition) is 1. The number of rotatable bonds is 12. The minimum atomic E-state index is -3.51. The van der Waals surface area contributed by atoms with Crippen molar-refractivity contribution in [3.05, 3.63) is 83.9 Å². The molecule has 0 spiro atoms. The van der Waals surface area contributed by atoms with E-state index < -0.39 is 13.3 Å². The van der Waals surface area contributed by atoms with E-state index in [0.717, 1.165) is 21.9 Å². The normalized spacial score (nSPS) is 12.6. The van der Waals surface area contributed by atoms with E-state index >= 15 is 0 Å². The van der Waals surface area contributed by atoms with E-state index in [2.05, 4.69) is 5.48 Å². The van der Waals surface area contributed by atoms with Crippen molar-refractivity contribution in [3.8, 4) is 0 Å². The zero-order valence-corrected chi connectivity index (χ0v) is 19.4. The molecule has 0 radical (unpaired) electrons. The summed E-state index contributed by atoms with van der Waals surface area (Å²) in [6, 6.07) is 23.3. The van der Waals surface area contributed by atoms with Crippen LogP contribution in [0.4, 0.5) is 0 Å². The monoisotopic (exact) mass is 455 g/mol. The summed E-state index contributed by atoms with van der Waals surface area (Å²) in [6.45, 7) is 4.36. The fourth-order valence-electron chi connectivity index (χ4n) is 3.70. The lowest BCUT2D eigenvalue weighted by atomic mass is 9.99. The third-order valence-corrected chi connectivity index (χ3v) is 7.63. The molecule has 1 unspecified atom stereocenters. The molecule has 0 bridgehead atoms. The van der Waals surface area contributed by atoms with Crippen molar-refractivity contribution in [1.82, 2.24) is 5.48 Å². The average molecular weight is 455 g/mol. The predicted molar refractivity (Wildman–Crippen MR) is 126 cm³/mol. The molecule has 0 aliphatic carbocycles. The summed E-state index contributed by atoms with van der Waals surface area (Å²) in [5.41, 5.74) is 3.71. The molecular formula is C25H30NO5P. The van der Waals surface area contributed by atoms with Gasteiger partial charge in [-0.25, -0.2) is 5.48 Å². The lowest BCUT2D eigenvalue weighted by Gasteiger charge is -2.27. The van der Waals surface area contributed by atoms with Gasteiger partial charge in [-0.2, -0.15) is 0 Å². The molecule has 1 amide bonds. The van der Waals surface area contributed by atoms with Gasteiger partial charge in [-0.15, -0.1) is 0 Å². The highest BCUT2D eigenvalue weighted by molar-refractivity contribution is 7.54. The number of benzene rings is 3. The minimum absolute atomic E-state index is 0.118. The van der Waals surface area contributed by atoms with Crippen molar-refractivity contribution in [2.75, 3.05) is 13.2 Å². The Morgan fingerprint density at radius 1 is 0.906 bits per heavy atom. The van der Waals surface area contributed by atoms with Crippen LogP contribution in [0.2, 0.25) is 0 Å². The van der Waals surface area contributed by atoms with Crippen LogP contribution in [0.5, 0.6) is 0 Å². The summed E-state index contributed by atoms with van der Waals surface area (Å²) in [5.74, 6) is -0.286. The van der Waals surface area contributed by atoms with Gasteiger partial charge in [-0.05, 0) is 42.2 Å². The van der Waals surface area contributed by atoms with E-state index in [9.17, 15) is 9.36 Å². The maximum atomic E-state index is 13.8. The second-order valence-corrected chi connectivity index (χ2v) is 9.52. The van der Waals surface area contributed by atoms with Gasteiger partial charge in [0.1, 0.15) is 0 Å². The van der Waals surface area contributed by atoms with Gasteiger partial charge < -0.3 is 9.05 Å². The molecule has 0 saturated heterocycles. The number of fused-ring (bicyclic) bond motifs is 1. The standard InChI is InChI=1S/C25H30NO5P/c1-3-30-32(28,31-4-2)24(23-16-10-14-21-13-8-9-15-22(21)23)17-18-25(27)26-29-19-20-11-6-5-7-12-20/h5-16,24H,3-4,17-19H2,1-2H3,(H,26,27). The summed E-state index contributed by atoms with van der Waals surface area (Å²) in [7, 11) is -3.51. The van der Waals surface area contributed by atoms with Crippen LogP contribution in [-0.2, 0) is 29.9 Å². The third-order valence-electron chi connectivity index (χ3n) is 5.09. The molecule has 7 heteroatoms. The maximum absolute atomic E-state index is 13.8. The topological polar surface area (TPSA) is 73.9 Å². The van der Waals surface area contributed by atoms with Crippen LogP contribution in [0.25, 0.3) is 10.8 Å². The van der Waals surface area contributed by atoms with Crippen molar-refractivity contribution in [3.63, 3.8) is 0 Å². The first-order chi connectivity index (χ1) is 15.6. The second kappa shape index (κ2) is 11.9. The number of hydroxylamine groups is 1. The number of nitrogens with one attached hydrogen (secondary N) is 1. The van der Waals surface area contributed by atoms with Gasteiger partial charge >= 0.3 is 7.60 Å². The zero-order chi connectivity index (χ0) is 22.8. The van der Waals surface area contributed by atoms with Gasteiger partial charge in [-0.3, -0.25) is 14.2 Å². The Bertz CT molecular complexity index is 1040. The molecule has 3 aromatic carbocycles. The van der Waals surface area contributed by atoms with E-state index in [4.69, 9.17) is 13.9 Å². The first kappa shape index (κ1) is 24.1. The maximum Gasteiger partial charge on any atom is 0.338 e. The number of carbonyl (C=O) groups excluding carboxylic acids is 1. The molecule has 32 heavy (non-hydrogen) atoms. The highest BCUT2D eigenvalue weighted by atomic mass is 31.2. The molecular weight excluding hydrogens is 425 g/mol. The number of amides is 1. The van der Waals surface area contributed by atoms with Gasteiger partial charge in [0.2, 0.25) is 5.91 Å². The van der Waals surface area contributed by atoms with Gasteiger partial charge in [0.05, 0.1) is 25.5 Å². The fraction of sp³-hybridized carbons (Fsp3) is 0.320. The molecule has 1 atom stereocenters. The molecule has 0 saturated carbocycles. The Morgan fingerprint density at radius 3 is 2.28 bits per heavy atom. The summed E-state index contributed by atoms with van der Waals surface area (Å²) >= 11 is 0. The van der Waals surface area contributed by atoms with Crippen molar-refractivity contribution < 1.29 is 23.2 Å². The van der Waals surface area contributed by atoms with Crippen molar-refractivity contribution in [1.29, 1.82) is 0 Å². The van der Waals surface area contributed by atoms with E-state index in [1.807, 2.05) is 72.8 Å². The molecule has 3 rings (SSSR count). The van der Waals surface area contributed by atoms with Crippen molar-refractivity contribution in [2.24, 2.45) is 0 Å². The van der Waals surface area contributed by atoms with Crippen LogP contribution in [0.15, 0.2) is 72.8 Å². The number of carbonyl (C=O) groups is 1. The molecule has 0 aromatic heterocycles. The smallest absolute Gasteiger partial charge is 0.308 e. The lowest BCUT2D eigenvalue weighted by molar-refractivity contribution is -0.134. The van der Waals surface area contributed by atoms with E-state index in [1.54, 1.807) is 13.8 Å². The largest absolute Gasteiger partial charge is 0.338 e. The molecule has 0 aliphatic heterocycles. The quantitative estimate of drug-likeness (QED) is 0.261. The summed E-state index contributed by atoms with van der Waals surface area (Å²) in [6.07, 6.45) is 0.415. The Morgan fingerprint density at radius 2 is 1.56 bits per heavy atom. The Hall–Kier alpha value is -2.50. The highest BCUT2D eigenvalue weighted by Gasteiger charge is 2.37. The van der Waals surface area contributed by atoms with Gasteiger partial charge in [0, 0.05) is 6.42 Å². The molecule has 0 heterocycles. The second-order valence-electron chi connectivity index (χ2n) is 7.30. The van der Waals surface area contributed by atoms with Gasteiger partial charge in [0.25, 0.3) is 0 Å². The Balaban J connectivity index is 1.77. The fourth-order valence-corrected chi connectivity index (χ4v) is 5.86.